The van der Waals surface area contributed by atoms with Crippen LogP contribution in [0.4, 0.5) is 0 Å². The lowest BCUT2D eigenvalue weighted by molar-refractivity contribution is 0.328. The van der Waals surface area contributed by atoms with Crippen molar-refractivity contribution in [2.45, 2.75) is 32.2 Å². The van der Waals surface area contributed by atoms with Crippen molar-refractivity contribution in [3.63, 3.8) is 0 Å². The number of rotatable bonds is 6. The second-order valence-electron chi connectivity index (χ2n) is 5.10. The fraction of sp³-hybridized carbons (Fsp3) is 0.600. The van der Waals surface area contributed by atoms with Gasteiger partial charge in [0.25, 0.3) is 0 Å². The minimum Gasteiger partial charge on any atom is -0.310 e. The van der Waals surface area contributed by atoms with Crippen LogP contribution >= 0.6 is 11.6 Å². The maximum Gasteiger partial charge on any atom is 0.0453 e. The Morgan fingerprint density at radius 1 is 1.28 bits per heavy atom. The minimum absolute atomic E-state index is 0.331. The van der Waals surface area contributed by atoms with E-state index in [1.165, 1.54) is 44.5 Å². The summed E-state index contributed by atoms with van der Waals surface area (Å²) in [6.45, 7) is 7.04. The van der Waals surface area contributed by atoms with Gasteiger partial charge in [-0.1, -0.05) is 29.8 Å². The molecule has 1 aromatic carbocycles. The van der Waals surface area contributed by atoms with E-state index in [0.29, 0.717) is 6.04 Å². The maximum atomic E-state index is 6.19. The third-order valence-electron chi connectivity index (χ3n) is 3.67. The Morgan fingerprint density at radius 3 is 2.72 bits per heavy atom. The second kappa shape index (κ2) is 7.13. The Morgan fingerprint density at radius 2 is 2.00 bits per heavy atom. The van der Waals surface area contributed by atoms with E-state index in [1.807, 2.05) is 18.2 Å². The Kier molecular flexibility index (Phi) is 5.48. The standard InChI is InChI=1S/C15H23ClN2/c1-13(14-7-2-3-8-15(14)16)17-9-6-12-18-10-4-5-11-18/h2-3,7-8,13,17H,4-6,9-12H2,1H3/t13-/m1/s1. The number of hydrogen-bond donors (Lipinski definition) is 1. The normalized spacial score (nSPS) is 18.1. The molecule has 2 rings (SSSR count). The lowest BCUT2D eigenvalue weighted by atomic mass is 10.1. The highest BCUT2D eigenvalue weighted by Gasteiger charge is 2.11. The van der Waals surface area contributed by atoms with E-state index in [1.54, 1.807) is 0 Å². The number of halogens is 1. The monoisotopic (exact) mass is 266 g/mol. The van der Waals surface area contributed by atoms with E-state index in [-0.39, 0.29) is 0 Å². The molecule has 1 atom stereocenters. The van der Waals surface area contributed by atoms with Crippen LogP contribution in [0.3, 0.4) is 0 Å². The molecule has 1 aliphatic rings. The van der Waals surface area contributed by atoms with E-state index in [4.69, 9.17) is 11.6 Å². The molecule has 1 fully saturated rings. The van der Waals surface area contributed by atoms with E-state index >= 15 is 0 Å². The summed E-state index contributed by atoms with van der Waals surface area (Å²) >= 11 is 6.19. The first-order valence-corrected chi connectivity index (χ1v) is 7.35. The molecule has 0 saturated carbocycles. The Bertz CT molecular complexity index is 361. The molecule has 0 radical (unpaired) electrons. The van der Waals surface area contributed by atoms with Crippen molar-refractivity contribution < 1.29 is 0 Å². The Labute approximate surface area is 115 Å². The average molecular weight is 267 g/mol. The van der Waals surface area contributed by atoms with Crippen LogP contribution in [0.2, 0.25) is 5.02 Å². The molecule has 0 unspecified atom stereocenters. The first-order chi connectivity index (χ1) is 8.77. The molecule has 0 aromatic heterocycles. The second-order valence-corrected chi connectivity index (χ2v) is 5.51. The van der Waals surface area contributed by atoms with Gasteiger partial charge >= 0.3 is 0 Å². The summed E-state index contributed by atoms with van der Waals surface area (Å²) in [6.07, 6.45) is 3.97. The average Bonchev–Trinajstić information content (AvgIpc) is 2.88. The Hall–Kier alpha value is -0.570. The van der Waals surface area contributed by atoms with Gasteiger partial charge in [0.15, 0.2) is 0 Å². The van der Waals surface area contributed by atoms with Gasteiger partial charge in [0.1, 0.15) is 0 Å². The molecule has 1 aliphatic heterocycles. The molecule has 1 N–H and O–H groups in total. The fourth-order valence-electron chi connectivity index (χ4n) is 2.56. The molecule has 0 aliphatic carbocycles. The maximum absolute atomic E-state index is 6.19. The lowest BCUT2D eigenvalue weighted by Crippen LogP contribution is -2.26. The van der Waals surface area contributed by atoms with Crippen molar-refractivity contribution in [2.24, 2.45) is 0 Å². The minimum atomic E-state index is 0.331. The molecular formula is C15H23ClN2. The summed E-state index contributed by atoms with van der Waals surface area (Å²) in [7, 11) is 0. The molecule has 0 spiro atoms. The number of nitrogens with one attached hydrogen (secondary N) is 1. The topological polar surface area (TPSA) is 15.3 Å². The first-order valence-electron chi connectivity index (χ1n) is 6.97. The van der Waals surface area contributed by atoms with Gasteiger partial charge in [0.2, 0.25) is 0 Å². The highest BCUT2D eigenvalue weighted by molar-refractivity contribution is 6.31. The zero-order valence-electron chi connectivity index (χ0n) is 11.2. The van der Waals surface area contributed by atoms with E-state index in [2.05, 4.69) is 23.2 Å². The van der Waals surface area contributed by atoms with Crippen LogP contribution in [0.1, 0.15) is 37.8 Å². The SMILES string of the molecule is C[C@@H](NCCCN1CCCC1)c1ccccc1Cl. The lowest BCUT2D eigenvalue weighted by Gasteiger charge is -2.18. The first kappa shape index (κ1) is 13.9. The van der Waals surface area contributed by atoms with E-state index in [9.17, 15) is 0 Å². The third kappa shape index (κ3) is 3.98. The highest BCUT2D eigenvalue weighted by atomic mass is 35.5. The largest absolute Gasteiger partial charge is 0.310 e. The van der Waals surface area contributed by atoms with Gasteiger partial charge in [-0.15, -0.1) is 0 Å². The van der Waals surface area contributed by atoms with E-state index < -0.39 is 0 Å². The zero-order chi connectivity index (χ0) is 12.8. The third-order valence-corrected chi connectivity index (χ3v) is 4.02. The van der Waals surface area contributed by atoms with Crippen LogP contribution < -0.4 is 5.32 Å². The van der Waals surface area contributed by atoms with Gasteiger partial charge in [-0.05, 0) is 64.0 Å². The van der Waals surface area contributed by atoms with Gasteiger partial charge in [-0.2, -0.15) is 0 Å². The van der Waals surface area contributed by atoms with Crippen molar-refractivity contribution in [1.82, 2.24) is 10.2 Å². The molecule has 1 aromatic rings. The van der Waals surface area contributed by atoms with Crippen molar-refractivity contribution in [2.75, 3.05) is 26.2 Å². The molecule has 1 heterocycles. The van der Waals surface area contributed by atoms with Crippen LogP contribution in [0.25, 0.3) is 0 Å². The molecule has 3 heteroatoms. The van der Waals surface area contributed by atoms with Gasteiger partial charge < -0.3 is 10.2 Å². The van der Waals surface area contributed by atoms with Gasteiger partial charge in [0.05, 0.1) is 0 Å². The summed E-state index contributed by atoms with van der Waals surface area (Å²) in [5.41, 5.74) is 1.19. The molecule has 18 heavy (non-hydrogen) atoms. The van der Waals surface area contributed by atoms with Crippen LogP contribution in [0.15, 0.2) is 24.3 Å². The van der Waals surface area contributed by atoms with Crippen molar-refractivity contribution >= 4 is 11.6 Å². The molecular weight excluding hydrogens is 244 g/mol. The van der Waals surface area contributed by atoms with Crippen molar-refractivity contribution in [1.29, 1.82) is 0 Å². The Balaban J connectivity index is 1.68. The van der Waals surface area contributed by atoms with Crippen LogP contribution in [-0.2, 0) is 0 Å². The quantitative estimate of drug-likeness (QED) is 0.793. The van der Waals surface area contributed by atoms with Crippen molar-refractivity contribution in [3.05, 3.63) is 34.9 Å². The molecule has 1 saturated heterocycles. The fourth-order valence-corrected chi connectivity index (χ4v) is 2.86. The molecule has 0 amide bonds. The van der Waals surface area contributed by atoms with Crippen LogP contribution in [0.5, 0.6) is 0 Å². The number of benzene rings is 1. The van der Waals surface area contributed by atoms with Crippen LogP contribution in [0, 0.1) is 0 Å². The van der Waals surface area contributed by atoms with E-state index in [0.717, 1.165) is 11.6 Å². The molecule has 0 bridgehead atoms. The predicted molar refractivity (Wildman–Crippen MR) is 78.2 cm³/mol. The molecule has 2 nitrogen and oxygen atoms in total. The predicted octanol–water partition coefficient (Wildman–Crippen LogP) is 3.48. The number of nitrogens with zero attached hydrogens (tertiary/aromatic N) is 1. The van der Waals surface area contributed by atoms with Crippen molar-refractivity contribution in [3.8, 4) is 0 Å². The summed E-state index contributed by atoms with van der Waals surface area (Å²) < 4.78 is 0. The highest BCUT2D eigenvalue weighted by Crippen LogP contribution is 2.21. The van der Waals surface area contributed by atoms with Gasteiger partial charge in [-0.3, -0.25) is 0 Å². The van der Waals surface area contributed by atoms with Gasteiger partial charge in [-0.25, -0.2) is 0 Å². The van der Waals surface area contributed by atoms with Crippen LogP contribution in [-0.4, -0.2) is 31.1 Å². The summed E-state index contributed by atoms with van der Waals surface area (Å²) in [5.74, 6) is 0. The van der Waals surface area contributed by atoms with Gasteiger partial charge in [0, 0.05) is 11.1 Å². The summed E-state index contributed by atoms with van der Waals surface area (Å²) in [6, 6.07) is 8.41. The number of likely N-dealkylation sites (tertiary alicyclic amines) is 1. The summed E-state index contributed by atoms with van der Waals surface area (Å²) in [4.78, 5) is 2.56. The summed E-state index contributed by atoms with van der Waals surface area (Å²) in [5, 5.41) is 4.41. The smallest absolute Gasteiger partial charge is 0.0453 e. The zero-order valence-corrected chi connectivity index (χ0v) is 11.9. The number of hydrogen-bond acceptors (Lipinski definition) is 2. The molecule has 100 valence electrons.